The summed E-state index contributed by atoms with van der Waals surface area (Å²) in [6.45, 7) is 3.00. The molecule has 2 heterocycles. The van der Waals surface area contributed by atoms with E-state index in [1.807, 2.05) is 24.4 Å². The number of likely N-dealkylation sites (N-methyl/N-ethyl adjacent to an activating group) is 1. The Labute approximate surface area is 143 Å². The van der Waals surface area contributed by atoms with E-state index in [4.69, 9.17) is 17.3 Å². The first-order valence-corrected chi connectivity index (χ1v) is 8.70. The Balaban J connectivity index is 1.54. The van der Waals surface area contributed by atoms with Crippen LogP contribution in [0.15, 0.2) is 41.5 Å². The fraction of sp³-hybridized carbons (Fsp3) is 0.500. The number of hydrogen-bond acceptors (Lipinski definition) is 4. The Morgan fingerprint density at radius 1 is 1.35 bits per heavy atom. The molecule has 5 heteroatoms. The Hall–Kier alpha value is -1.52. The molecule has 0 spiro atoms. The zero-order chi connectivity index (χ0) is 16.2. The van der Waals surface area contributed by atoms with E-state index in [2.05, 4.69) is 34.0 Å². The summed E-state index contributed by atoms with van der Waals surface area (Å²) in [7, 11) is 2.10. The van der Waals surface area contributed by atoms with Gasteiger partial charge in [-0.25, -0.2) is 4.99 Å². The highest BCUT2D eigenvalue weighted by Crippen LogP contribution is 2.23. The first kappa shape index (κ1) is 16.3. The van der Waals surface area contributed by atoms with Gasteiger partial charge in [0.25, 0.3) is 0 Å². The molecule has 23 heavy (non-hydrogen) atoms. The molecular formula is C18H25ClN4. The van der Waals surface area contributed by atoms with Crippen molar-refractivity contribution in [3.8, 4) is 0 Å². The zero-order valence-corrected chi connectivity index (χ0v) is 14.4. The maximum Gasteiger partial charge on any atom is 0.201 e. The minimum Gasteiger partial charge on any atom is -0.343 e. The maximum atomic E-state index is 6.47. The number of benzene rings is 1. The molecule has 1 atom stereocenters. The van der Waals surface area contributed by atoms with Gasteiger partial charge in [0.15, 0.2) is 0 Å². The first-order chi connectivity index (χ1) is 11.1. The number of piperidine rings is 1. The summed E-state index contributed by atoms with van der Waals surface area (Å²) in [4.78, 5) is 9.11. The van der Waals surface area contributed by atoms with E-state index in [1.165, 1.54) is 5.56 Å². The third-order valence-corrected chi connectivity index (χ3v) is 5.04. The van der Waals surface area contributed by atoms with Crippen molar-refractivity contribution in [2.75, 3.05) is 26.7 Å². The van der Waals surface area contributed by atoms with Gasteiger partial charge in [-0.05, 0) is 49.0 Å². The number of halogens is 1. The van der Waals surface area contributed by atoms with Gasteiger partial charge < -0.3 is 15.5 Å². The van der Waals surface area contributed by atoms with Crippen molar-refractivity contribution in [2.45, 2.75) is 25.3 Å². The summed E-state index contributed by atoms with van der Waals surface area (Å²) in [5.41, 5.74) is 7.70. The van der Waals surface area contributed by atoms with Crippen molar-refractivity contribution in [1.29, 1.82) is 0 Å². The highest BCUT2D eigenvalue weighted by molar-refractivity contribution is 6.30. The second-order valence-corrected chi connectivity index (χ2v) is 6.95. The molecule has 0 aliphatic carbocycles. The second-order valence-electron chi connectivity index (χ2n) is 6.52. The molecule has 1 aromatic carbocycles. The van der Waals surface area contributed by atoms with E-state index in [9.17, 15) is 0 Å². The standard InChI is InChI=1S/C18H25ClN4/c1-22-9-3-8-21-18(22)23-10-6-15(7-11-23)17(20)13-14-4-2-5-16(19)12-14/h2-5,8,12,15,17H,6-7,9-11,13,20H2,1H3. The molecule has 0 bridgehead atoms. The summed E-state index contributed by atoms with van der Waals surface area (Å²) >= 11 is 6.06. The lowest BCUT2D eigenvalue weighted by atomic mass is 9.86. The van der Waals surface area contributed by atoms with E-state index in [1.54, 1.807) is 0 Å². The average Bonchev–Trinajstić information content (AvgIpc) is 2.55. The lowest BCUT2D eigenvalue weighted by Gasteiger charge is -2.39. The molecule has 1 fully saturated rings. The third kappa shape index (κ3) is 4.06. The molecule has 1 saturated heterocycles. The van der Waals surface area contributed by atoms with Crippen LogP contribution in [-0.4, -0.2) is 48.5 Å². The highest BCUT2D eigenvalue weighted by Gasteiger charge is 2.27. The van der Waals surface area contributed by atoms with E-state index < -0.39 is 0 Å². The van der Waals surface area contributed by atoms with Crippen LogP contribution in [0.4, 0.5) is 0 Å². The molecule has 124 valence electrons. The van der Waals surface area contributed by atoms with E-state index in [-0.39, 0.29) is 6.04 Å². The van der Waals surface area contributed by atoms with Gasteiger partial charge in [0.1, 0.15) is 0 Å². The van der Waals surface area contributed by atoms with Crippen LogP contribution < -0.4 is 5.73 Å². The van der Waals surface area contributed by atoms with Crippen LogP contribution in [0, 0.1) is 5.92 Å². The molecule has 4 nitrogen and oxygen atoms in total. The van der Waals surface area contributed by atoms with Crippen LogP contribution in [0.1, 0.15) is 18.4 Å². The monoisotopic (exact) mass is 332 g/mol. The van der Waals surface area contributed by atoms with Gasteiger partial charge in [0, 0.05) is 43.9 Å². The van der Waals surface area contributed by atoms with E-state index >= 15 is 0 Å². The van der Waals surface area contributed by atoms with Crippen molar-refractivity contribution in [2.24, 2.45) is 16.6 Å². The normalized spacial score (nSPS) is 20.6. The third-order valence-electron chi connectivity index (χ3n) is 4.80. The maximum absolute atomic E-state index is 6.47. The largest absolute Gasteiger partial charge is 0.343 e. The summed E-state index contributed by atoms with van der Waals surface area (Å²) in [6, 6.07) is 8.23. The Morgan fingerprint density at radius 3 is 2.83 bits per heavy atom. The molecule has 1 aromatic rings. The van der Waals surface area contributed by atoms with Crippen LogP contribution in [0.2, 0.25) is 5.02 Å². The minimum absolute atomic E-state index is 0.196. The number of likely N-dealkylation sites (tertiary alicyclic amines) is 1. The summed E-state index contributed by atoms with van der Waals surface area (Å²) in [5, 5.41) is 0.788. The van der Waals surface area contributed by atoms with Crippen LogP contribution in [-0.2, 0) is 6.42 Å². The topological polar surface area (TPSA) is 44.9 Å². The number of nitrogens with zero attached hydrogens (tertiary/aromatic N) is 3. The van der Waals surface area contributed by atoms with E-state index in [0.29, 0.717) is 5.92 Å². The fourth-order valence-electron chi connectivity index (χ4n) is 3.46. The van der Waals surface area contributed by atoms with Gasteiger partial charge >= 0.3 is 0 Å². The molecular weight excluding hydrogens is 308 g/mol. The van der Waals surface area contributed by atoms with Gasteiger partial charge in [-0.1, -0.05) is 23.7 Å². The lowest BCUT2D eigenvalue weighted by molar-refractivity contribution is 0.219. The van der Waals surface area contributed by atoms with Crippen molar-refractivity contribution >= 4 is 17.6 Å². The Morgan fingerprint density at radius 2 is 2.13 bits per heavy atom. The van der Waals surface area contributed by atoms with Crippen molar-refractivity contribution in [1.82, 2.24) is 9.80 Å². The zero-order valence-electron chi connectivity index (χ0n) is 13.7. The minimum atomic E-state index is 0.196. The molecule has 2 aliphatic rings. The molecule has 0 amide bonds. The predicted octanol–water partition coefficient (Wildman–Crippen LogP) is 2.74. The number of hydrogen-bond donors (Lipinski definition) is 1. The summed E-state index contributed by atoms with van der Waals surface area (Å²) in [6.07, 6.45) is 7.13. The van der Waals surface area contributed by atoms with Gasteiger partial charge in [-0.2, -0.15) is 0 Å². The Kier molecular flexibility index (Phi) is 5.23. The SMILES string of the molecule is CN1CC=CN=C1N1CCC(C(N)Cc2cccc(Cl)c2)CC1. The molecule has 0 saturated carbocycles. The van der Waals surface area contributed by atoms with Crippen molar-refractivity contribution < 1.29 is 0 Å². The Bertz CT molecular complexity index is 590. The highest BCUT2D eigenvalue weighted by atomic mass is 35.5. The molecule has 2 N–H and O–H groups in total. The van der Waals surface area contributed by atoms with Crippen molar-refractivity contribution in [3.05, 3.63) is 47.1 Å². The number of aliphatic imine (C=N–C) groups is 1. The van der Waals surface area contributed by atoms with Crippen LogP contribution in [0.25, 0.3) is 0 Å². The quantitative estimate of drug-likeness (QED) is 0.925. The van der Waals surface area contributed by atoms with E-state index in [0.717, 1.165) is 49.9 Å². The van der Waals surface area contributed by atoms with Gasteiger partial charge in [0.2, 0.25) is 5.96 Å². The lowest BCUT2D eigenvalue weighted by Crippen LogP contribution is -2.49. The van der Waals surface area contributed by atoms with Crippen LogP contribution in [0.5, 0.6) is 0 Å². The molecule has 0 radical (unpaired) electrons. The number of rotatable bonds is 3. The molecule has 1 unspecified atom stereocenters. The van der Waals surface area contributed by atoms with Crippen LogP contribution in [0.3, 0.4) is 0 Å². The van der Waals surface area contributed by atoms with Gasteiger partial charge in [0.05, 0.1) is 0 Å². The fourth-order valence-corrected chi connectivity index (χ4v) is 3.67. The first-order valence-electron chi connectivity index (χ1n) is 8.32. The summed E-state index contributed by atoms with van der Waals surface area (Å²) in [5.74, 6) is 1.66. The van der Waals surface area contributed by atoms with Gasteiger partial charge in [-0.3, -0.25) is 0 Å². The van der Waals surface area contributed by atoms with Crippen molar-refractivity contribution in [3.63, 3.8) is 0 Å². The number of nitrogens with two attached hydrogens (primary N) is 1. The second kappa shape index (κ2) is 7.37. The summed E-state index contributed by atoms with van der Waals surface area (Å²) < 4.78 is 0. The average molecular weight is 333 g/mol. The molecule has 0 aromatic heterocycles. The van der Waals surface area contributed by atoms with Gasteiger partial charge in [-0.15, -0.1) is 0 Å². The number of guanidine groups is 1. The van der Waals surface area contributed by atoms with Crippen LogP contribution >= 0.6 is 11.6 Å². The predicted molar refractivity (Wildman–Crippen MR) is 96.6 cm³/mol. The molecule has 3 rings (SSSR count). The molecule has 2 aliphatic heterocycles. The smallest absolute Gasteiger partial charge is 0.201 e.